The second kappa shape index (κ2) is 7.06. The van der Waals surface area contributed by atoms with Crippen LogP contribution < -0.4 is 5.32 Å². The number of carbonyl (C=O) groups is 2. The lowest BCUT2D eigenvalue weighted by molar-refractivity contribution is -0.131. The van der Waals surface area contributed by atoms with Gasteiger partial charge in [-0.1, -0.05) is 29.8 Å². The van der Waals surface area contributed by atoms with Gasteiger partial charge in [0.2, 0.25) is 0 Å². The fourth-order valence-electron chi connectivity index (χ4n) is 1.63. The van der Waals surface area contributed by atoms with Crippen LogP contribution >= 0.6 is 22.9 Å². The molecule has 1 amide bonds. The molecule has 0 aliphatic heterocycles. The molecule has 0 saturated heterocycles. The number of hydrogen-bond acceptors (Lipinski definition) is 3. The second-order valence-corrected chi connectivity index (χ2v) is 5.53. The minimum Gasteiger partial charge on any atom is -0.478 e. The fraction of sp³-hybridized carbons (Fsp3) is 0.0667. The highest BCUT2D eigenvalue weighted by Crippen LogP contribution is 2.17. The molecule has 1 heterocycles. The SMILES string of the molecule is O=C(O)C=Cc1cc(C(=O)NCc2ccccc2Cl)cs1. The van der Waals surface area contributed by atoms with Crippen LogP contribution in [0.1, 0.15) is 20.8 Å². The van der Waals surface area contributed by atoms with Gasteiger partial charge >= 0.3 is 5.97 Å². The van der Waals surface area contributed by atoms with Crippen molar-refractivity contribution in [3.8, 4) is 0 Å². The Kier molecular flexibility index (Phi) is 5.14. The maximum atomic E-state index is 12.0. The summed E-state index contributed by atoms with van der Waals surface area (Å²) < 4.78 is 0. The van der Waals surface area contributed by atoms with Crippen molar-refractivity contribution in [2.45, 2.75) is 6.54 Å². The first kappa shape index (κ1) is 15.3. The number of aliphatic carboxylic acids is 1. The molecule has 0 bridgehead atoms. The van der Waals surface area contributed by atoms with E-state index in [9.17, 15) is 9.59 Å². The molecule has 4 nitrogen and oxygen atoms in total. The van der Waals surface area contributed by atoms with Crippen LogP contribution in [0.2, 0.25) is 5.02 Å². The van der Waals surface area contributed by atoms with Crippen molar-refractivity contribution >= 4 is 40.9 Å². The third-order valence-electron chi connectivity index (χ3n) is 2.67. The van der Waals surface area contributed by atoms with Gasteiger partial charge in [-0.25, -0.2) is 4.79 Å². The van der Waals surface area contributed by atoms with Gasteiger partial charge in [0.15, 0.2) is 0 Å². The maximum Gasteiger partial charge on any atom is 0.328 e. The molecular formula is C15H12ClNO3S. The van der Waals surface area contributed by atoms with Crippen LogP contribution in [0, 0.1) is 0 Å². The van der Waals surface area contributed by atoms with E-state index in [-0.39, 0.29) is 5.91 Å². The summed E-state index contributed by atoms with van der Waals surface area (Å²) in [5, 5.41) is 13.6. The number of carbonyl (C=O) groups excluding carboxylic acids is 1. The fourth-order valence-corrected chi connectivity index (χ4v) is 2.61. The monoisotopic (exact) mass is 321 g/mol. The zero-order chi connectivity index (χ0) is 15.2. The molecule has 2 aromatic rings. The largest absolute Gasteiger partial charge is 0.478 e. The number of nitrogens with one attached hydrogen (secondary N) is 1. The summed E-state index contributed by atoms with van der Waals surface area (Å²) in [7, 11) is 0. The standard InChI is InChI=1S/C15H12ClNO3S/c16-13-4-2-1-3-10(13)8-17-15(20)11-7-12(21-9-11)5-6-14(18)19/h1-7,9H,8H2,(H,17,20)(H,18,19). The topological polar surface area (TPSA) is 66.4 Å². The van der Waals surface area contributed by atoms with Crippen molar-refractivity contribution in [1.82, 2.24) is 5.32 Å². The number of carboxylic acid groups (broad SMARTS) is 1. The molecule has 0 atom stereocenters. The van der Waals surface area contributed by atoms with Gasteiger partial charge in [0.1, 0.15) is 0 Å². The van der Waals surface area contributed by atoms with Gasteiger partial charge in [-0.3, -0.25) is 4.79 Å². The quantitative estimate of drug-likeness (QED) is 0.829. The third-order valence-corrected chi connectivity index (χ3v) is 3.94. The number of benzene rings is 1. The lowest BCUT2D eigenvalue weighted by Gasteiger charge is -2.05. The molecule has 2 N–H and O–H groups in total. The number of rotatable bonds is 5. The van der Waals surface area contributed by atoms with E-state index in [1.165, 1.54) is 17.4 Å². The van der Waals surface area contributed by atoms with E-state index in [0.29, 0.717) is 22.0 Å². The zero-order valence-corrected chi connectivity index (χ0v) is 12.4. The molecule has 0 fully saturated rings. The Bertz CT molecular complexity index is 694. The van der Waals surface area contributed by atoms with E-state index in [1.807, 2.05) is 18.2 Å². The minimum atomic E-state index is -1.02. The number of hydrogen-bond donors (Lipinski definition) is 2. The summed E-state index contributed by atoms with van der Waals surface area (Å²) in [6.45, 7) is 0.342. The molecule has 1 aromatic carbocycles. The Morgan fingerprint density at radius 2 is 2.10 bits per heavy atom. The van der Waals surface area contributed by atoms with Crippen molar-refractivity contribution in [1.29, 1.82) is 0 Å². The van der Waals surface area contributed by atoms with Gasteiger partial charge in [0, 0.05) is 27.9 Å². The Labute approximate surface area is 130 Å². The van der Waals surface area contributed by atoms with Crippen LogP contribution in [0.15, 0.2) is 41.8 Å². The summed E-state index contributed by atoms with van der Waals surface area (Å²) in [4.78, 5) is 23.1. The van der Waals surface area contributed by atoms with E-state index in [4.69, 9.17) is 16.7 Å². The average Bonchev–Trinajstić information content (AvgIpc) is 2.93. The Balaban J connectivity index is 1.98. The molecule has 21 heavy (non-hydrogen) atoms. The van der Waals surface area contributed by atoms with E-state index >= 15 is 0 Å². The first-order valence-corrected chi connectivity index (χ1v) is 7.33. The van der Waals surface area contributed by atoms with Crippen LogP contribution in [0.3, 0.4) is 0 Å². The van der Waals surface area contributed by atoms with Crippen molar-refractivity contribution < 1.29 is 14.7 Å². The maximum absolute atomic E-state index is 12.0. The Morgan fingerprint density at radius 1 is 1.33 bits per heavy atom. The van der Waals surface area contributed by atoms with Gasteiger partial charge in [-0.15, -0.1) is 11.3 Å². The second-order valence-electron chi connectivity index (χ2n) is 4.18. The van der Waals surface area contributed by atoms with Crippen LogP contribution in [0.25, 0.3) is 6.08 Å². The van der Waals surface area contributed by atoms with Gasteiger partial charge in [0.05, 0.1) is 5.56 Å². The molecule has 6 heteroatoms. The first-order chi connectivity index (χ1) is 10.1. The molecule has 0 unspecified atom stereocenters. The van der Waals surface area contributed by atoms with Crippen molar-refractivity contribution in [2.75, 3.05) is 0 Å². The molecule has 0 aliphatic rings. The molecule has 0 radical (unpaired) electrons. The van der Waals surface area contributed by atoms with E-state index in [1.54, 1.807) is 17.5 Å². The van der Waals surface area contributed by atoms with Crippen LogP contribution in [-0.4, -0.2) is 17.0 Å². The normalized spacial score (nSPS) is 10.7. The van der Waals surface area contributed by atoms with Crippen molar-refractivity contribution in [2.24, 2.45) is 0 Å². The van der Waals surface area contributed by atoms with Crippen LogP contribution in [-0.2, 0) is 11.3 Å². The lowest BCUT2D eigenvalue weighted by atomic mass is 10.2. The summed E-state index contributed by atoms with van der Waals surface area (Å²) in [6.07, 6.45) is 2.50. The van der Waals surface area contributed by atoms with Crippen LogP contribution in [0.5, 0.6) is 0 Å². The van der Waals surface area contributed by atoms with Crippen molar-refractivity contribution in [3.05, 3.63) is 62.8 Å². The predicted octanol–water partition coefficient (Wildman–Crippen LogP) is 3.43. The highest BCUT2D eigenvalue weighted by atomic mass is 35.5. The number of carboxylic acids is 1. The third kappa shape index (κ3) is 4.44. The Hall–Kier alpha value is -2.11. The van der Waals surface area contributed by atoms with Crippen LogP contribution in [0.4, 0.5) is 0 Å². The lowest BCUT2D eigenvalue weighted by Crippen LogP contribution is -2.22. The van der Waals surface area contributed by atoms with Gasteiger partial charge in [-0.05, 0) is 23.8 Å². The summed E-state index contributed by atoms with van der Waals surface area (Å²) in [6, 6.07) is 8.94. The molecule has 2 rings (SSSR count). The number of amides is 1. The Morgan fingerprint density at radius 3 is 2.81 bits per heavy atom. The zero-order valence-electron chi connectivity index (χ0n) is 10.9. The molecule has 0 aliphatic carbocycles. The van der Waals surface area contributed by atoms with E-state index < -0.39 is 5.97 Å². The van der Waals surface area contributed by atoms with E-state index in [0.717, 1.165) is 11.6 Å². The number of thiophene rings is 1. The van der Waals surface area contributed by atoms with Gasteiger partial charge in [-0.2, -0.15) is 0 Å². The summed E-state index contributed by atoms with van der Waals surface area (Å²) in [5.74, 6) is -1.24. The summed E-state index contributed by atoms with van der Waals surface area (Å²) >= 11 is 7.32. The summed E-state index contributed by atoms with van der Waals surface area (Å²) in [5.41, 5.74) is 1.34. The highest BCUT2D eigenvalue weighted by molar-refractivity contribution is 7.11. The minimum absolute atomic E-state index is 0.221. The van der Waals surface area contributed by atoms with Gasteiger partial charge in [0.25, 0.3) is 5.91 Å². The number of halogens is 1. The average molecular weight is 322 g/mol. The molecule has 0 spiro atoms. The molecular weight excluding hydrogens is 310 g/mol. The molecule has 108 valence electrons. The molecule has 0 saturated carbocycles. The first-order valence-electron chi connectivity index (χ1n) is 6.07. The van der Waals surface area contributed by atoms with Crippen molar-refractivity contribution in [3.63, 3.8) is 0 Å². The highest BCUT2D eigenvalue weighted by Gasteiger charge is 2.08. The molecule has 1 aromatic heterocycles. The predicted molar refractivity (Wildman–Crippen MR) is 83.6 cm³/mol. The van der Waals surface area contributed by atoms with E-state index in [2.05, 4.69) is 5.32 Å². The smallest absolute Gasteiger partial charge is 0.328 e. The van der Waals surface area contributed by atoms with Gasteiger partial charge < -0.3 is 10.4 Å².